The predicted octanol–water partition coefficient (Wildman–Crippen LogP) is 1.60. The molecule has 1 fully saturated rings. The minimum atomic E-state index is 0.176. The highest BCUT2D eigenvalue weighted by molar-refractivity contribution is 7.80. The number of nitrogens with two attached hydrogens (primary N) is 1. The number of hydrogen-bond acceptors (Lipinski definition) is 3. The summed E-state index contributed by atoms with van der Waals surface area (Å²) in [5, 5.41) is 12.1. The third kappa shape index (κ3) is 2.71. The average molecular weight is 209 g/mol. The highest BCUT2D eigenvalue weighted by Crippen LogP contribution is 2.19. The molecule has 0 saturated heterocycles. The maximum atomic E-state index is 8.83. The Morgan fingerprint density at radius 3 is 2.50 bits per heavy atom. The Bertz CT molecular complexity index is 295. The molecule has 0 radical (unpaired) electrons. The van der Waals surface area contributed by atoms with Gasteiger partial charge in [0.05, 0.1) is 0 Å². The van der Waals surface area contributed by atoms with Crippen LogP contribution in [0.1, 0.15) is 32.6 Å². The van der Waals surface area contributed by atoms with E-state index in [0.717, 1.165) is 5.70 Å². The van der Waals surface area contributed by atoms with Crippen molar-refractivity contribution in [3.05, 3.63) is 11.3 Å². The van der Waals surface area contributed by atoms with Crippen molar-refractivity contribution in [2.75, 3.05) is 0 Å². The highest BCUT2D eigenvalue weighted by atomic mass is 32.1. The van der Waals surface area contributed by atoms with Gasteiger partial charge in [0, 0.05) is 11.7 Å². The monoisotopic (exact) mass is 209 g/mol. The Labute approximate surface area is 90.0 Å². The summed E-state index contributed by atoms with van der Waals surface area (Å²) in [6, 6.07) is 2.52. The van der Waals surface area contributed by atoms with Gasteiger partial charge in [-0.25, -0.2) is 0 Å². The molecule has 0 amide bonds. The molecule has 76 valence electrons. The van der Waals surface area contributed by atoms with E-state index in [1.54, 1.807) is 0 Å². The number of nitrogens with one attached hydrogen (secondary N) is 1. The van der Waals surface area contributed by atoms with Gasteiger partial charge in [-0.15, -0.1) is 0 Å². The number of nitriles is 1. The number of hydrogen-bond donors (Lipinski definition) is 2. The SMILES string of the molecule is C/C(NC1CCCC1)=C(/C#N)C(N)=S. The first kappa shape index (κ1) is 11.0. The number of nitrogens with zero attached hydrogens (tertiary/aromatic N) is 1. The molecule has 4 heteroatoms. The molecule has 0 bridgehead atoms. The topological polar surface area (TPSA) is 61.8 Å². The standard InChI is InChI=1S/C10H15N3S/c1-7(9(6-11)10(12)14)13-8-4-2-3-5-8/h8,13H,2-5H2,1H3,(H2,12,14)/b9-7+. The van der Waals surface area contributed by atoms with Crippen molar-refractivity contribution >= 4 is 17.2 Å². The van der Waals surface area contributed by atoms with E-state index in [1.165, 1.54) is 25.7 Å². The molecule has 0 aromatic rings. The zero-order chi connectivity index (χ0) is 10.6. The molecule has 1 aliphatic carbocycles. The minimum Gasteiger partial charge on any atom is -0.389 e. The lowest BCUT2D eigenvalue weighted by Crippen LogP contribution is -2.27. The van der Waals surface area contributed by atoms with Gasteiger partial charge in [-0.1, -0.05) is 25.1 Å². The molecule has 1 saturated carbocycles. The quantitative estimate of drug-likeness (QED) is 0.421. The largest absolute Gasteiger partial charge is 0.389 e. The third-order valence-electron chi connectivity index (χ3n) is 2.51. The van der Waals surface area contributed by atoms with Gasteiger partial charge in [-0.05, 0) is 19.8 Å². The Morgan fingerprint density at radius 2 is 2.07 bits per heavy atom. The molecular weight excluding hydrogens is 194 g/mol. The van der Waals surface area contributed by atoms with E-state index in [0.29, 0.717) is 11.6 Å². The van der Waals surface area contributed by atoms with Gasteiger partial charge in [0.1, 0.15) is 16.6 Å². The van der Waals surface area contributed by atoms with E-state index in [2.05, 4.69) is 5.32 Å². The van der Waals surface area contributed by atoms with Crippen LogP contribution in [0.3, 0.4) is 0 Å². The van der Waals surface area contributed by atoms with Crippen molar-refractivity contribution in [1.29, 1.82) is 5.26 Å². The van der Waals surface area contributed by atoms with E-state index < -0.39 is 0 Å². The number of thiocarbonyl (C=S) groups is 1. The van der Waals surface area contributed by atoms with E-state index in [1.807, 2.05) is 13.0 Å². The van der Waals surface area contributed by atoms with Gasteiger partial charge in [0.25, 0.3) is 0 Å². The maximum absolute atomic E-state index is 8.83. The average Bonchev–Trinajstić information content (AvgIpc) is 2.57. The lowest BCUT2D eigenvalue weighted by atomic mass is 10.2. The van der Waals surface area contributed by atoms with Gasteiger partial charge in [-0.2, -0.15) is 5.26 Å². The summed E-state index contributed by atoms with van der Waals surface area (Å²) in [5.74, 6) is 0. The van der Waals surface area contributed by atoms with Crippen LogP contribution in [-0.2, 0) is 0 Å². The molecule has 0 atom stereocenters. The van der Waals surface area contributed by atoms with Crippen LogP contribution in [0.15, 0.2) is 11.3 Å². The first-order chi connectivity index (χ1) is 6.65. The van der Waals surface area contributed by atoms with Crippen molar-refractivity contribution in [3.63, 3.8) is 0 Å². The van der Waals surface area contributed by atoms with E-state index in [4.69, 9.17) is 23.2 Å². The van der Waals surface area contributed by atoms with Gasteiger partial charge in [-0.3, -0.25) is 0 Å². The lowest BCUT2D eigenvalue weighted by molar-refractivity contribution is 0.584. The summed E-state index contributed by atoms with van der Waals surface area (Å²) in [4.78, 5) is 0.176. The van der Waals surface area contributed by atoms with Crippen molar-refractivity contribution in [2.45, 2.75) is 38.6 Å². The van der Waals surface area contributed by atoms with E-state index >= 15 is 0 Å². The molecule has 1 aliphatic rings. The number of rotatable bonds is 3. The second kappa shape index (κ2) is 4.97. The van der Waals surface area contributed by atoms with E-state index in [9.17, 15) is 0 Å². The summed E-state index contributed by atoms with van der Waals surface area (Å²) in [6.45, 7) is 1.86. The van der Waals surface area contributed by atoms with E-state index in [-0.39, 0.29) is 4.99 Å². The van der Waals surface area contributed by atoms with Crippen LogP contribution in [0.25, 0.3) is 0 Å². The fourth-order valence-electron chi connectivity index (χ4n) is 1.77. The molecule has 0 aromatic carbocycles. The molecule has 14 heavy (non-hydrogen) atoms. The van der Waals surface area contributed by atoms with Gasteiger partial charge < -0.3 is 11.1 Å². The molecule has 0 unspecified atom stereocenters. The van der Waals surface area contributed by atoms with Crippen LogP contribution in [0.5, 0.6) is 0 Å². The molecule has 1 rings (SSSR count). The molecule has 0 aliphatic heterocycles. The second-order valence-electron chi connectivity index (χ2n) is 3.60. The van der Waals surface area contributed by atoms with Gasteiger partial charge in [0.15, 0.2) is 0 Å². The van der Waals surface area contributed by atoms with Crippen LogP contribution in [0.4, 0.5) is 0 Å². The van der Waals surface area contributed by atoms with Crippen LogP contribution >= 0.6 is 12.2 Å². The first-order valence-corrected chi connectivity index (χ1v) is 5.23. The molecule has 3 N–H and O–H groups in total. The predicted molar refractivity (Wildman–Crippen MR) is 60.5 cm³/mol. The zero-order valence-corrected chi connectivity index (χ0v) is 9.16. The summed E-state index contributed by atoms with van der Waals surface area (Å²) in [7, 11) is 0. The van der Waals surface area contributed by atoms with Crippen molar-refractivity contribution in [1.82, 2.24) is 5.32 Å². The number of allylic oxidation sites excluding steroid dienone is 1. The molecule has 0 heterocycles. The van der Waals surface area contributed by atoms with Crippen LogP contribution in [0, 0.1) is 11.3 Å². The summed E-state index contributed by atoms with van der Waals surface area (Å²) >= 11 is 4.79. The Kier molecular flexibility index (Phi) is 3.90. The van der Waals surface area contributed by atoms with Crippen LogP contribution in [0.2, 0.25) is 0 Å². The third-order valence-corrected chi connectivity index (χ3v) is 2.71. The normalized spacial score (nSPS) is 18.6. The van der Waals surface area contributed by atoms with Gasteiger partial charge in [0.2, 0.25) is 0 Å². The highest BCUT2D eigenvalue weighted by Gasteiger charge is 2.16. The molecular formula is C10H15N3S. The second-order valence-corrected chi connectivity index (χ2v) is 4.04. The molecule has 0 spiro atoms. The summed E-state index contributed by atoms with van der Waals surface area (Å²) in [5.41, 5.74) is 6.65. The van der Waals surface area contributed by atoms with Gasteiger partial charge >= 0.3 is 0 Å². The molecule has 3 nitrogen and oxygen atoms in total. The van der Waals surface area contributed by atoms with Crippen molar-refractivity contribution in [2.24, 2.45) is 5.73 Å². The molecule has 0 aromatic heterocycles. The fraction of sp³-hybridized carbons (Fsp3) is 0.600. The van der Waals surface area contributed by atoms with Crippen LogP contribution < -0.4 is 11.1 Å². The summed E-state index contributed by atoms with van der Waals surface area (Å²) < 4.78 is 0. The Balaban J connectivity index is 2.66. The first-order valence-electron chi connectivity index (χ1n) is 4.82. The minimum absolute atomic E-state index is 0.176. The fourth-order valence-corrected chi connectivity index (χ4v) is 1.97. The smallest absolute Gasteiger partial charge is 0.116 e. The van der Waals surface area contributed by atoms with Crippen molar-refractivity contribution in [3.8, 4) is 6.07 Å². The lowest BCUT2D eigenvalue weighted by Gasteiger charge is -2.14. The zero-order valence-electron chi connectivity index (χ0n) is 8.34. The maximum Gasteiger partial charge on any atom is 0.116 e. The van der Waals surface area contributed by atoms with Crippen molar-refractivity contribution < 1.29 is 0 Å². The Morgan fingerprint density at radius 1 is 1.50 bits per heavy atom. The Hall–Kier alpha value is -1.08. The van der Waals surface area contributed by atoms with Crippen LogP contribution in [-0.4, -0.2) is 11.0 Å². The summed E-state index contributed by atoms with van der Waals surface area (Å²) in [6.07, 6.45) is 4.88.